The van der Waals surface area contributed by atoms with Crippen molar-refractivity contribution in [3.05, 3.63) is 46.1 Å². The number of ether oxygens (including phenoxy) is 1. The summed E-state index contributed by atoms with van der Waals surface area (Å²) in [6.07, 6.45) is 2.75. The Morgan fingerprint density at radius 3 is 2.95 bits per heavy atom. The lowest BCUT2D eigenvalue weighted by Crippen LogP contribution is -2.44. The van der Waals surface area contributed by atoms with Crippen molar-refractivity contribution in [2.24, 2.45) is 5.73 Å². The number of hydrogen-bond acceptors (Lipinski definition) is 7. The molecule has 110 valence electrons. The van der Waals surface area contributed by atoms with Gasteiger partial charge in [-0.3, -0.25) is 10.1 Å². The standard InChI is InChI=1S/C13H14N4O4/c14-13(5-2-6-13)12-15-11(21-16-12)8-20-10-4-1-3-9(7-10)17(18)19/h1,3-4,7H,2,5-6,8,14H2. The molecule has 1 aliphatic rings. The van der Waals surface area contributed by atoms with Gasteiger partial charge >= 0.3 is 0 Å². The molecule has 1 aromatic heterocycles. The van der Waals surface area contributed by atoms with Gasteiger partial charge in [0.15, 0.2) is 12.4 Å². The van der Waals surface area contributed by atoms with Gasteiger partial charge in [-0.15, -0.1) is 0 Å². The van der Waals surface area contributed by atoms with Gasteiger partial charge in [0.25, 0.3) is 11.6 Å². The van der Waals surface area contributed by atoms with Crippen molar-refractivity contribution in [1.82, 2.24) is 10.1 Å². The maximum Gasteiger partial charge on any atom is 0.273 e. The number of nitrogens with two attached hydrogens (primary N) is 1. The highest BCUT2D eigenvalue weighted by molar-refractivity contribution is 5.37. The summed E-state index contributed by atoms with van der Waals surface area (Å²) >= 11 is 0. The summed E-state index contributed by atoms with van der Waals surface area (Å²) in [5.74, 6) is 1.16. The van der Waals surface area contributed by atoms with Crippen LogP contribution in [0.4, 0.5) is 5.69 Å². The third-order valence-corrected chi connectivity index (χ3v) is 3.55. The average Bonchev–Trinajstić information content (AvgIpc) is 2.92. The fourth-order valence-electron chi connectivity index (χ4n) is 2.13. The minimum atomic E-state index is -0.480. The second kappa shape index (κ2) is 5.13. The van der Waals surface area contributed by atoms with E-state index in [1.165, 1.54) is 12.1 Å². The number of rotatable bonds is 5. The molecule has 0 bridgehead atoms. The second-order valence-corrected chi connectivity index (χ2v) is 5.06. The summed E-state index contributed by atoms with van der Waals surface area (Å²) in [6, 6.07) is 5.91. The lowest BCUT2D eigenvalue weighted by Gasteiger charge is -2.34. The summed E-state index contributed by atoms with van der Waals surface area (Å²) in [5, 5.41) is 14.5. The monoisotopic (exact) mass is 290 g/mol. The normalized spacial score (nSPS) is 16.2. The van der Waals surface area contributed by atoms with Crippen LogP contribution in [0.1, 0.15) is 31.0 Å². The molecule has 0 atom stereocenters. The van der Waals surface area contributed by atoms with Gasteiger partial charge in [0, 0.05) is 6.07 Å². The third kappa shape index (κ3) is 2.70. The molecule has 0 unspecified atom stereocenters. The lowest BCUT2D eigenvalue weighted by molar-refractivity contribution is -0.384. The molecule has 0 radical (unpaired) electrons. The van der Waals surface area contributed by atoms with Crippen molar-refractivity contribution in [3.8, 4) is 5.75 Å². The third-order valence-electron chi connectivity index (χ3n) is 3.55. The van der Waals surface area contributed by atoms with Crippen LogP contribution in [-0.2, 0) is 12.1 Å². The van der Waals surface area contributed by atoms with Gasteiger partial charge in [-0.1, -0.05) is 11.2 Å². The van der Waals surface area contributed by atoms with Gasteiger partial charge in [-0.2, -0.15) is 4.98 Å². The minimum Gasteiger partial charge on any atom is -0.484 e. The molecule has 1 aliphatic carbocycles. The molecule has 1 fully saturated rings. The predicted octanol–water partition coefficient (Wildman–Crippen LogP) is 1.89. The Kier molecular flexibility index (Phi) is 3.30. The van der Waals surface area contributed by atoms with E-state index in [1.807, 2.05) is 0 Å². The van der Waals surface area contributed by atoms with Crippen LogP contribution >= 0.6 is 0 Å². The number of hydrogen-bond donors (Lipinski definition) is 1. The first-order chi connectivity index (χ1) is 10.1. The number of nitro benzene ring substituents is 1. The van der Waals surface area contributed by atoms with Crippen LogP contribution in [0.5, 0.6) is 5.75 Å². The van der Waals surface area contributed by atoms with Gasteiger partial charge in [0.1, 0.15) is 5.75 Å². The van der Waals surface area contributed by atoms with Gasteiger partial charge < -0.3 is 15.0 Å². The van der Waals surface area contributed by atoms with E-state index >= 15 is 0 Å². The maximum atomic E-state index is 10.7. The highest BCUT2D eigenvalue weighted by atomic mass is 16.6. The van der Waals surface area contributed by atoms with E-state index in [2.05, 4.69) is 10.1 Å². The average molecular weight is 290 g/mol. The minimum absolute atomic E-state index is 0.0332. The Morgan fingerprint density at radius 1 is 1.48 bits per heavy atom. The van der Waals surface area contributed by atoms with Crippen LogP contribution in [0.3, 0.4) is 0 Å². The Balaban J connectivity index is 1.65. The zero-order valence-electron chi connectivity index (χ0n) is 11.2. The quantitative estimate of drug-likeness (QED) is 0.659. The molecule has 0 saturated heterocycles. The smallest absolute Gasteiger partial charge is 0.273 e. The van der Waals surface area contributed by atoms with Gasteiger partial charge in [0.2, 0.25) is 0 Å². The van der Waals surface area contributed by atoms with Crippen LogP contribution < -0.4 is 10.5 Å². The molecule has 8 heteroatoms. The number of non-ortho nitro benzene ring substituents is 1. The van der Waals surface area contributed by atoms with E-state index in [0.29, 0.717) is 17.5 Å². The Hall–Kier alpha value is -2.48. The SMILES string of the molecule is NC1(c2noc(COc3cccc([N+](=O)[O-])c3)n2)CCC1. The van der Waals surface area contributed by atoms with E-state index < -0.39 is 10.5 Å². The molecule has 1 heterocycles. The van der Waals surface area contributed by atoms with Gasteiger partial charge in [-0.25, -0.2) is 0 Å². The molecule has 2 aromatic rings. The molecular formula is C13H14N4O4. The van der Waals surface area contributed by atoms with Crippen LogP contribution in [0.2, 0.25) is 0 Å². The van der Waals surface area contributed by atoms with Gasteiger partial charge in [0.05, 0.1) is 16.5 Å². The van der Waals surface area contributed by atoms with Crippen LogP contribution in [0.25, 0.3) is 0 Å². The zero-order valence-corrected chi connectivity index (χ0v) is 11.2. The van der Waals surface area contributed by atoms with E-state index in [-0.39, 0.29) is 12.3 Å². The van der Waals surface area contributed by atoms with E-state index in [1.54, 1.807) is 12.1 Å². The van der Waals surface area contributed by atoms with Crippen LogP contribution in [0.15, 0.2) is 28.8 Å². The largest absolute Gasteiger partial charge is 0.484 e. The molecule has 0 amide bonds. The molecular weight excluding hydrogens is 276 g/mol. The number of nitro groups is 1. The zero-order chi connectivity index (χ0) is 14.9. The topological polar surface area (TPSA) is 117 Å². The molecule has 2 N–H and O–H groups in total. The first kappa shape index (κ1) is 13.5. The van der Waals surface area contributed by atoms with Crippen molar-refractivity contribution in [1.29, 1.82) is 0 Å². The maximum absolute atomic E-state index is 10.7. The fraction of sp³-hybridized carbons (Fsp3) is 0.385. The van der Waals surface area contributed by atoms with Crippen molar-refractivity contribution in [2.45, 2.75) is 31.4 Å². The van der Waals surface area contributed by atoms with Crippen LogP contribution in [0, 0.1) is 10.1 Å². The first-order valence-electron chi connectivity index (χ1n) is 6.56. The fourth-order valence-corrected chi connectivity index (χ4v) is 2.13. The van der Waals surface area contributed by atoms with Crippen molar-refractivity contribution in [2.75, 3.05) is 0 Å². The Labute approximate surface area is 120 Å². The summed E-state index contributed by atoms with van der Waals surface area (Å²) < 4.78 is 10.5. The number of benzene rings is 1. The molecule has 3 rings (SSSR count). The molecule has 1 aromatic carbocycles. The molecule has 8 nitrogen and oxygen atoms in total. The van der Waals surface area contributed by atoms with Crippen molar-refractivity contribution < 1.29 is 14.2 Å². The first-order valence-corrected chi connectivity index (χ1v) is 6.56. The second-order valence-electron chi connectivity index (χ2n) is 5.06. The molecule has 0 spiro atoms. The molecule has 0 aliphatic heterocycles. The molecule has 21 heavy (non-hydrogen) atoms. The molecule has 1 saturated carbocycles. The number of aromatic nitrogens is 2. The summed E-state index contributed by atoms with van der Waals surface area (Å²) in [7, 11) is 0. The summed E-state index contributed by atoms with van der Waals surface area (Å²) in [4.78, 5) is 14.4. The highest BCUT2D eigenvalue weighted by Crippen LogP contribution is 2.36. The van der Waals surface area contributed by atoms with Crippen molar-refractivity contribution in [3.63, 3.8) is 0 Å². The van der Waals surface area contributed by atoms with Gasteiger partial charge in [-0.05, 0) is 25.3 Å². The Bertz CT molecular complexity index is 666. The number of nitrogens with zero attached hydrogens (tertiary/aromatic N) is 3. The van der Waals surface area contributed by atoms with E-state index in [9.17, 15) is 10.1 Å². The lowest BCUT2D eigenvalue weighted by atomic mass is 9.77. The predicted molar refractivity (Wildman–Crippen MR) is 71.4 cm³/mol. The van der Waals surface area contributed by atoms with E-state index in [4.69, 9.17) is 15.0 Å². The Morgan fingerprint density at radius 2 is 2.29 bits per heavy atom. The van der Waals surface area contributed by atoms with Crippen LogP contribution in [-0.4, -0.2) is 15.1 Å². The van der Waals surface area contributed by atoms with Crippen molar-refractivity contribution >= 4 is 5.69 Å². The summed E-state index contributed by atoms with van der Waals surface area (Å²) in [6.45, 7) is 0.0459. The highest BCUT2D eigenvalue weighted by Gasteiger charge is 2.38. The summed E-state index contributed by atoms with van der Waals surface area (Å²) in [5.41, 5.74) is 5.58. The van der Waals surface area contributed by atoms with E-state index in [0.717, 1.165) is 19.3 Å².